The SMILES string of the molecule is O=C(O)C(F)=Cc1cnn(-c2ccccc2)c1. The van der Waals surface area contributed by atoms with Crippen molar-refractivity contribution in [2.75, 3.05) is 0 Å². The van der Waals surface area contributed by atoms with Gasteiger partial charge in [0.25, 0.3) is 0 Å². The zero-order valence-corrected chi connectivity index (χ0v) is 8.75. The Balaban J connectivity index is 2.29. The van der Waals surface area contributed by atoms with Gasteiger partial charge in [-0.1, -0.05) is 18.2 Å². The number of hydrogen-bond donors (Lipinski definition) is 1. The topological polar surface area (TPSA) is 55.1 Å². The zero-order chi connectivity index (χ0) is 12.3. The van der Waals surface area contributed by atoms with Gasteiger partial charge in [-0.25, -0.2) is 9.48 Å². The maximum Gasteiger partial charge on any atom is 0.364 e. The first-order valence-corrected chi connectivity index (χ1v) is 4.87. The van der Waals surface area contributed by atoms with Crippen LogP contribution in [0.5, 0.6) is 0 Å². The number of nitrogens with zero attached hydrogens (tertiary/aromatic N) is 2. The molecule has 5 heteroatoms. The summed E-state index contributed by atoms with van der Waals surface area (Å²) in [5.41, 5.74) is 1.22. The molecule has 0 fully saturated rings. The maximum atomic E-state index is 12.8. The minimum absolute atomic E-state index is 0.397. The van der Waals surface area contributed by atoms with E-state index in [0.717, 1.165) is 11.8 Å². The third kappa shape index (κ3) is 2.57. The minimum Gasteiger partial charge on any atom is -0.476 e. The van der Waals surface area contributed by atoms with Crippen LogP contribution in [0.2, 0.25) is 0 Å². The number of halogens is 1. The molecule has 1 N–H and O–H groups in total. The van der Waals surface area contributed by atoms with Crippen LogP contribution in [0.4, 0.5) is 4.39 Å². The molecule has 2 aromatic rings. The van der Waals surface area contributed by atoms with Crippen LogP contribution in [0.3, 0.4) is 0 Å². The van der Waals surface area contributed by atoms with Crippen molar-refractivity contribution in [1.82, 2.24) is 9.78 Å². The predicted octanol–water partition coefficient (Wildman–Crippen LogP) is 2.27. The largest absolute Gasteiger partial charge is 0.476 e. The summed E-state index contributed by atoms with van der Waals surface area (Å²) in [7, 11) is 0. The molecule has 0 radical (unpaired) electrons. The smallest absolute Gasteiger partial charge is 0.364 e. The van der Waals surface area contributed by atoms with Crippen molar-refractivity contribution in [3.8, 4) is 5.69 Å². The molecule has 0 aliphatic rings. The molecule has 17 heavy (non-hydrogen) atoms. The van der Waals surface area contributed by atoms with Gasteiger partial charge < -0.3 is 5.11 Å². The Labute approximate surface area is 96.6 Å². The number of carboxylic acid groups (broad SMARTS) is 1. The van der Waals surface area contributed by atoms with Crippen molar-refractivity contribution in [1.29, 1.82) is 0 Å². The number of hydrogen-bond acceptors (Lipinski definition) is 2. The first-order valence-electron chi connectivity index (χ1n) is 4.87. The van der Waals surface area contributed by atoms with E-state index in [2.05, 4.69) is 5.10 Å². The first-order chi connectivity index (χ1) is 8.16. The van der Waals surface area contributed by atoms with Crippen molar-refractivity contribution in [3.05, 3.63) is 54.1 Å². The van der Waals surface area contributed by atoms with E-state index in [1.165, 1.54) is 6.20 Å². The molecular formula is C12H9FN2O2. The molecule has 0 spiro atoms. The lowest BCUT2D eigenvalue weighted by atomic mass is 10.3. The summed E-state index contributed by atoms with van der Waals surface area (Å²) in [5.74, 6) is -2.80. The second kappa shape index (κ2) is 4.61. The number of benzene rings is 1. The van der Waals surface area contributed by atoms with Gasteiger partial charge in [-0.2, -0.15) is 9.49 Å². The molecule has 0 amide bonds. The monoisotopic (exact) mass is 232 g/mol. The van der Waals surface area contributed by atoms with Crippen molar-refractivity contribution in [3.63, 3.8) is 0 Å². The lowest BCUT2D eigenvalue weighted by Crippen LogP contribution is -1.94. The second-order valence-electron chi connectivity index (χ2n) is 3.35. The summed E-state index contributed by atoms with van der Waals surface area (Å²) in [6, 6.07) is 9.26. The molecule has 0 aliphatic carbocycles. The summed E-state index contributed by atoms with van der Waals surface area (Å²) in [6.45, 7) is 0. The molecule has 0 saturated carbocycles. The van der Waals surface area contributed by atoms with Crippen LogP contribution in [0.1, 0.15) is 5.56 Å². The Morgan fingerprint density at radius 2 is 2.06 bits per heavy atom. The molecule has 0 aliphatic heterocycles. The average molecular weight is 232 g/mol. The lowest BCUT2D eigenvalue weighted by molar-refractivity contribution is -0.134. The van der Waals surface area contributed by atoms with E-state index in [0.29, 0.717) is 5.56 Å². The normalized spacial score (nSPS) is 11.5. The molecular weight excluding hydrogens is 223 g/mol. The molecule has 0 bridgehead atoms. The Morgan fingerprint density at radius 3 is 2.71 bits per heavy atom. The van der Waals surface area contributed by atoms with E-state index in [1.54, 1.807) is 10.9 Å². The molecule has 86 valence electrons. The molecule has 0 unspecified atom stereocenters. The third-order valence-corrected chi connectivity index (χ3v) is 2.12. The average Bonchev–Trinajstić information content (AvgIpc) is 2.78. The van der Waals surface area contributed by atoms with Gasteiger partial charge >= 0.3 is 5.97 Å². The Hall–Kier alpha value is -2.43. The van der Waals surface area contributed by atoms with Gasteiger partial charge in [0.1, 0.15) is 0 Å². The number of aromatic nitrogens is 2. The van der Waals surface area contributed by atoms with Gasteiger partial charge in [-0.15, -0.1) is 0 Å². The third-order valence-electron chi connectivity index (χ3n) is 2.12. The van der Waals surface area contributed by atoms with Gasteiger partial charge in [0.15, 0.2) is 0 Å². The van der Waals surface area contributed by atoms with Gasteiger partial charge in [0.2, 0.25) is 5.83 Å². The van der Waals surface area contributed by atoms with Gasteiger partial charge in [0, 0.05) is 11.8 Å². The summed E-state index contributed by atoms with van der Waals surface area (Å²) in [6.07, 6.45) is 3.88. The van der Waals surface area contributed by atoms with E-state index in [4.69, 9.17) is 5.11 Å². The van der Waals surface area contributed by atoms with Gasteiger partial charge in [0.05, 0.1) is 11.9 Å². The van der Waals surface area contributed by atoms with E-state index >= 15 is 0 Å². The summed E-state index contributed by atoms with van der Waals surface area (Å²) >= 11 is 0. The van der Waals surface area contributed by atoms with Crippen LogP contribution < -0.4 is 0 Å². The molecule has 4 nitrogen and oxygen atoms in total. The number of carbonyl (C=O) groups is 1. The highest BCUT2D eigenvalue weighted by Gasteiger charge is 2.06. The van der Waals surface area contributed by atoms with Crippen LogP contribution in [0.15, 0.2) is 48.6 Å². The molecule has 1 heterocycles. The van der Waals surface area contributed by atoms with Crippen molar-refractivity contribution >= 4 is 12.0 Å². The van der Waals surface area contributed by atoms with E-state index < -0.39 is 11.8 Å². The first kappa shape index (κ1) is 11.1. The van der Waals surface area contributed by atoms with Crippen molar-refractivity contribution < 1.29 is 14.3 Å². The van der Waals surface area contributed by atoms with E-state index in [9.17, 15) is 9.18 Å². The highest BCUT2D eigenvalue weighted by atomic mass is 19.1. The highest BCUT2D eigenvalue weighted by Crippen LogP contribution is 2.11. The second-order valence-corrected chi connectivity index (χ2v) is 3.35. The Kier molecular flexibility index (Phi) is 3.00. The van der Waals surface area contributed by atoms with Crippen LogP contribution in [-0.4, -0.2) is 20.9 Å². The predicted molar refractivity (Wildman–Crippen MR) is 60.3 cm³/mol. The fraction of sp³-hybridized carbons (Fsp3) is 0. The standard InChI is InChI=1S/C12H9FN2O2/c13-11(12(16)17)6-9-7-14-15(8-9)10-4-2-1-3-5-10/h1-8H,(H,16,17). The number of carboxylic acids is 1. The van der Waals surface area contributed by atoms with Crippen molar-refractivity contribution in [2.24, 2.45) is 0 Å². The fourth-order valence-electron chi connectivity index (χ4n) is 1.34. The van der Waals surface area contributed by atoms with Crippen LogP contribution >= 0.6 is 0 Å². The Morgan fingerprint density at radius 1 is 1.35 bits per heavy atom. The number of rotatable bonds is 3. The highest BCUT2D eigenvalue weighted by molar-refractivity contribution is 5.89. The van der Waals surface area contributed by atoms with Gasteiger partial charge in [-0.3, -0.25) is 0 Å². The minimum atomic E-state index is -1.59. The zero-order valence-electron chi connectivity index (χ0n) is 8.75. The summed E-state index contributed by atoms with van der Waals surface area (Å²) in [5, 5.41) is 12.4. The molecule has 1 aromatic heterocycles. The Bertz CT molecular complexity index is 561. The summed E-state index contributed by atoms with van der Waals surface area (Å²) in [4.78, 5) is 10.3. The maximum absolute atomic E-state index is 12.8. The fourth-order valence-corrected chi connectivity index (χ4v) is 1.34. The van der Waals surface area contributed by atoms with E-state index in [1.807, 2.05) is 30.3 Å². The lowest BCUT2D eigenvalue weighted by Gasteiger charge is -1.98. The van der Waals surface area contributed by atoms with Gasteiger partial charge in [-0.05, 0) is 18.2 Å². The van der Waals surface area contributed by atoms with Crippen LogP contribution in [0.25, 0.3) is 11.8 Å². The van der Waals surface area contributed by atoms with Crippen LogP contribution in [0, 0.1) is 0 Å². The molecule has 2 rings (SSSR count). The summed E-state index contributed by atoms with van der Waals surface area (Å²) < 4.78 is 14.4. The number of para-hydroxylation sites is 1. The van der Waals surface area contributed by atoms with Crippen molar-refractivity contribution in [2.45, 2.75) is 0 Å². The molecule has 0 atom stereocenters. The number of aliphatic carboxylic acids is 1. The molecule has 1 aromatic carbocycles. The van der Waals surface area contributed by atoms with Crippen LogP contribution in [-0.2, 0) is 4.79 Å². The molecule has 0 saturated heterocycles. The van der Waals surface area contributed by atoms with E-state index in [-0.39, 0.29) is 0 Å². The quantitative estimate of drug-likeness (QED) is 0.826.